The van der Waals surface area contributed by atoms with Crippen LogP contribution < -0.4 is 4.74 Å². The van der Waals surface area contributed by atoms with Gasteiger partial charge in [0.1, 0.15) is 17.2 Å². The lowest BCUT2D eigenvalue weighted by Gasteiger charge is -2.17. The molecule has 0 radical (unpaired) electrons. The summed E-state index contributed by atoms with van der Waals surface area (Å²) < 4.78 is 46.1. The van der Waals surface area contributed by atoms with Crippen molar-refractivity contribution in [2.24, 2.45) is 22.7 Å². The van der Waals surface area contributed by atoms with E-state index in [1.54, 1.807) is 32.0 Å². The summed E-state index contributed by atoms with van der Waals surface area (Å²) >= 11 is 0. The molecule has 0 spiro atoms. The monoisotopic (exact) mass is 539 g/mol. The first-order chi connectivity index (χ1) is 18.4. The molecule has 4 rings (SSSR count). The summed E-state index contributed by atoms with van der Waals surface area (Å²) in [6.45, 7) is 8.48. The lowest BCUT2D eigenvalue weighted by Crippen LogP contribution is -2.19. The number of alkyl halides is 2. The Morgan fingerprint density at radius 2 is 1.82 bits per heavy atom. The van der Waals surface area contributed by atoms with Gasteiger partial charge in [0, 0.05) is 41.2 Å². The summed E-state index contributed by atoms with van der Waals surface area (Å²) in [5.41, 5.74) is 2.85. The zero-order valence-corrected chi connectivity index (χ0v) is 23.3. The van der Waals surface area contributed by atoms with E-state index in [2.05, 4.69) is 23.8 Å². The van der Waals surface area contributed by atoms with Crippen LogP contribution in [-0.4, -0.2) is 27.4 Å². The highest BCUT2D eigenvalue weighted by molar-refractivity contribution is 5.92. The number of benzene rings is 2. The molecular formula is C31H36F3N3O2. The molecule has 1 fully saturated rings. The standard InChI is InChI=1S/C31H36F3N3O2/c1-7-10-24(28-19(4)27(28)18(3)21-11-8-9-12-26(21)39-30(33)34)37-25-14-23(32)22(13-17(25)2)20-15-35-29(36-16-20)31(5,6)38/h8-9,11-16,18-19,27-28,30,38H,7,10H2,1-6H3. The predicted molar refractivity (Wildman–Crippen MR) is 147 cm³/mol. The third-order valence-electron chi connectivity index (χ3n) is 7.60. The minimum atomic E-state index is -2.88. The number of aromatic nitrogens is 2. The van der Waals surface area contributed by atoms with Gasteiger partial charge < -0.3 is 9.84 Å². The van der Waals surface area contributed by atoms with Crippen LogP contribution in [-0.2, 0) is 5.60 Å². The van der Waals surface area contributed by atoms with Crippen LogP contribution in [0, 0.1) is 30.5 Å². The minimum Gasteiger partial charge on any atom is -0.435 e. The van der Waals surface area contributed by atoms with Gasteiger partial charge in [0.05, 0.1) is 5.69 Å². The van der Waals surface area contributed by atoms with E-state index in [1.807, 2.05) is 26.0 Å². The van der Waals surface area contributed by atoms with E-state index in [-0.39, 0.29) is 29.3 Å². The van der Waals surface area contributed by atoms with Crippen molar-refractivity contribution < 1.29 is 23.0 Å². The topological polar surface area (TPSA) is 67.6 Å². The Morgan fingerprint density at radius 3 is 2.44 bits per heavy atom. The van der Waals surface area contributed by atoms with E-state index < -0.39 is 18.0 Å². The number of aliphatic imine (C=N–C) groups is 1. The Morgan fingerprint density at radius 1 is 1.15 bits per heavy atom. The van der Waals surface area contributed by atoms with Crippen LogP contribution in [0.3, 0.4) is 0 Å². The summed E-state index contributed by atoms with van der Waals surface area (Å²) in [4.78, 5) is 13.4. The highest BCUT2D eigenvalue weighted by Crippen LogP contribution is 2.56. The summed E-state index contributed by atoms with van der Waals surface area (Å²) in [6, 6.07) is 10.1. The van der Waals surface area contributed by atoms with Gasteiger partial charge in [-0.2, -0.15) is 8.78 Å². The normalized spacial score (nSPS) is 20.3. The van der Waals surface area contributed by atoms with Crippen LogP contribution in [0.15, 0.2) is 53.8 Å². The molecule has 1 heterocycles. The molecule has 1 aromatic heterocycles. The molecule has 5 nitrogen and oxygen atoms in total. The van der Waals surface area contributed by atoms with E-state index in [0.29, 0.717) is 22.7 Å². The molecule has 1 saturated carbocycles. The van der Waals surface area contributed by atoms with Gasteiger partial charge >= 0.3 is 6.61 Å². The van der Waals surface area contributed by atoms with Crippen molar-refractivity contribution in [3.63, 3.8) is 0 Å². The van der Waals surface area contributed by atoms with Crippen molar-refractivity contribution in [2.75, 3.05) is 0 Å². The first kappa shape index (κ1) is 28.7. The zero-order chi connectivity index (χ0) is 28.5. The quantitative estimate of drug-likeness (QED) is 0.265. The van der Waals surface area contributed by atoms with E-state index in [9.17, 15) is 13.9 Å². The summed E-state index contributed by atoms with van der Waals surface area (Å²) in [7, 11) is 0. The molecule has 39 heavy (non-hydrogen) atoms. The largest absolute Gasteiger partial charge is 0.435 e. The summed E-state index contributed by atoms with van der Waals surface area (Å²) in [5, 5.41) is 10.1. The molecular weight excluding hydrogens is 503 g/mol. The van der Waals surface area contributed by atoms with Gasteiger partial charge in [-0.1, -0.05) is 45.4 Å². The molecule has 1 aliphatic rings. The Balaban J connectivity index is 1.61. The van der Waals surface area contributed by atoms with Crippen molar-refractivity contribution in [2.45, 2.75) is 72.5 Å². The SMILES string of the molecule is CCCC(=Nc1cc(F)c(-c2cnc(C(C)(C)O)nc2)cc1C)C1C(C)C1C(C)c1ccccc1OC(F)F. The predicted octanol–water partition coefficient (Wildman–Crippen LogP) is 7.98. The van der Waals surface area contributed by atoms with Gasteiger partial charge in [-0.15, -0.1) is 0 Å². The van der Waals surface area contributed by atoms with Crippen LogP contribution in [0.2, 0.25) is 0 Å². The van der Waals surface area contributed by atoms with Crippen molar-refractivity contribution in [3.8, 4) is 16.9 Å². The molecule has 3 aromatic rings. The Bertz CT molecular complexity index is 1340. The Hall–Kier alpha value is -3.26. The third-order valence-corrected chi connectivity index (χ3v) is 7.60. The number of ether oxygens (including phenoxy) is 1. The maximum atomic E-state index is 15.3. The number of halogens is 3. The van der Waals surface area contributed by atoms with Crippen LogP contribution in [0.1, 0.15) is 70.3 Å². The first-order valence-corrected chi connectivity index (χ1v) is 13.4. The van der Waals surface area contributed by atoms with Gasteiger partial charge in [-0.05, 0) is 68.2 Å². The van der Waals surface area contributed by atoms with E-state index in [1.165, 1.54) is 18.5 Å². The van der Waals surface area contributed by atoms with Crippen LogP contribution in [0.5, 0.6) is 5.75 Å². The number of hydrogen-bond acceptors (Lipinski definition) is 5. The number of hydrogen-bond donors (Lipinski definition) is 1. The first-order valence-electron chi connectivity index (χ1n) is 13.4. The fourth-order valence-corrected chi connectivity index (χ4v) is 5.56. The number of aliphatic hydroxyl groups is 1. The molecule has 0 bridgehead atoms. The highest BCUT2D eigenvalue weighted by Gasteiger charge is 2.52. The average Bonchev–Trinajstić information content (AvgIpc) is 3.55. The van der Waals surface area contributed by atoms with Crippen LogP contribution >= 0.6 is 0 Å². The molecule has 208 valence electrons. The fraction of sp³-hybridized carbons (Fsp3) is 0.452. The lowest BCUT2D eigenvalue weighted by molar-refractivity contribution is -0.0506. The fourth-order valence-electron chi connectivity index (χ4n) is 5.56. The maximum absolute atomic E-state index is 15.3. The van der Waals surface area contributed by atoms with E-state index >= 15 is 4.39 Å². The van der Waals surface area contributed by atoms with Gasteiger partial charge in [-0.3, -0.25) is 4.99 Å². The minimum absolute atomic E-state index is 0.00548. The number of aryl methyl sites for hydroxylation is 1. The van der Waals surface area contributed by atoms with Crippen LogP contribution in [0.4, 0.5) is 18.9 Å². The van der Waals surface area contributed by atoms with Gasteiger partial charge in [0.15, 0.2) is 5.82 Å². The summed E-state index contributed by atoms with van der Waals surface area (Å²) in [6.07, 6.45) is 4.68. The van der Waals surface area contributed by atoms with E-state index in [0.717, 1.165) is 29.7 Å². The van der Waals surface area contributed by atoms with Gasteiger partial charge in [0.2, 0.25) is 0 Å². The lowest BCUT2D eigenvalue weighted by atomic mass is 9.92. The van der Waals surface area contributed by atoms with Crippen molar-refractivity contribution >= 4 is 11.4 Å². The number of nitrogens with zero attached hydrogens (tertiary/aromatic N) is 3. The smallest absolute Gasteiger partial charge is 0.387 e. The second kappa shape index (κ2) is 11.5. The molecule has 1 aliphatic carbocycles. The molecule has 0 saturated heterocycles. The highest BCUT2D eigenvalue weighted by atomic mass is 19.3. The molecule has 8 heteroatoms. The number of para-hydroxylation sites is 1. The Kier molecular flexibility index (Phi) is 8.45. The second-order valence-electron chi connectivity index (χ2n) is 11.0. The second-order valence-corrected chi connectivity index (χ2v) is 11.0. The molecule has 4 unspecified atom stereocenters. The van der Waals surface area contributed by atoms with E-state index in [4.69, 9.17) is 9.73 Å². The average molecular weight is 540 g/mol. The number of rotatable bonds is 10. The summed E-state index contributed by atoms with van der Waals surface area (Å²) in [5.74, 6) is 0.731. The third kappa shape index (κ3) is 6.32. The molecule has 4 atom stereocenters. The van der Waals surface area contributed by atoms with Gasteiger partial charge in [-0.25, -0.2) is 14.4 Å². The zero-order valence-electron chi connectivity index (χ0n) is 23.3. The van der Waals surface area contributed by atoms with Crippen molar-refractivity contribution in [1.82, 2.24) is 9.97 Å². The van der Waals surface area contributed by atoms with Crippen molar-refractivity contribution in [3.05, 3.63) is 71.6 Å². The van der Waals surface area contributed by atoms with Crippen LogP contribution in [0.25, 0.3) is 11.1 Å². The molecule has 1 N–H and O–H groups in total. The maximum Gasteiger partial charge on any atom is 0.387 e. The van der Waals surface area contributed by atoms with Gasteiger partial charge in [0.25, 0.3) is 0 Å². The Labute approximate surface area is 228 Å². The molecule has 2 aromatic carbocycles. The molecule has 0 amide bonds. The molecule has 0 aliphatic heterocycles. The van der Waals surface area contributed by atoms with Crippen molar-refractivity contribution in [1.29, 1.82) is 0 Å².